The summed E-state index contributed by atoms with van der Waals surface area (Å²) in [4.78, 5) is 1.93. The van der Waals surface area contributed by atoms with Gasteiger partial charge in [-0.15, -0.1) is 0 Å². The fraction of sp³-hybridized carbons (Fsp3) is 1.00. The lowest BCUT2D eigenvalue weighted by molar-refractivity contribution is 0.0475. The van der Waals surface area contributed by atoms with Crippen LogP contribution in [0.5, 0.6) is 0 Å². The van der Waals surface area contributed by atoms with Gasteiger partial charge in [-0.3, -0.25) is 0 Å². The summed E-state index contributed by atoms with van der Waals surface area (Å²) < 4.78 is 0. The van der Waals surface area contributed by atoms with E-state index in [4.69, 9.17) is 5.11 Å². The molecule has 3 unspecified atom stereocenters. The van der Waals surface area contributed by atoms with Gasteiger partial charge in [-0.2, -0.15) is 0 Å². The van der Waals surface area contributed by atoms with Crippen molar-refractivity contribution < 1.29 is 10.2 Å². The van der Waals surface area contributed by atoms with E-state index in [1.165, 1.54) is 0 Å². The van der Waals surface area contributed by atoms with Gasteiger partial charge in [-0.25, -0.2) is 0 Å². The first-order chi connectivity index (χ1) is 5.00. The Labute approximate surface area is 68.6 Å². The predicted octanol–water partition coefficient (Wildman–Crippen LogP) is -0.0742. The zero-order valence-electron chi connectivity index (χ0n) is 7.78. The summed E-state index contributed by atoms with van der Waals surface area (Å²) in [6.45, 7) is 3.78. The average Bonchev–Trinajstić information content (AvgIpc) is 1.88. The summed E-state index contributed by atoms with van der Waals surface area (Å²) in [6, 6.07) is 0.0509. The first kappa shape index (κ1) is 10.9. The highest BCUT2D eigenvalue weighted by Gasteiger charge is 2.21. The Kier molecular flexibility index (Phi) is 4.65. The number of aliphatic hydroxyl groups excluding tert-OH is 2. The van der Waals surface area contributed by atoms with Gasteiger partial charge in [0, 0.05) is 6.04 Å². The molecule has 0 saturated heterocycles. The van der Waals surface area contributed by atoms with E-state index in [0.717, 1.165) is 0 Å². The quantitative estimate of drug-likeness (QED) is 0.606. The molecule has 0 heterocycles. The van der Waals surface area contributed by atoms with E-state index in [9.17, 15) is 5.11 Å². The van der Waals surface area contributed by atoms with Crippen LogP contribution >= 0.6 is 0 Å². The second kappa shape index (κ2) is 4.70. The normalized spacial score (nSPS) is 19.9. The Bertz CT molecular complexity index is 104. The number of likely N-dealkylation sites (N-methyl/N-ethyl adjacent to an activating group) is 1. The fourth-order valence-electron chi connectivity index (χ4n) is 1.12. The first-order valence-corrected chi connectivity index (χ1v) is 3.96. The average molecular weight is 161 g/mol. The minimum absolute atomic E-state index is 0.0509. The molecular formula is C8H19NO2. The van der Waals surface area contributed by atoms with Gasteiger partial charge < -0.3 is 15.1 Å². The number of nitrogens with zero attached hydrogens (tertiary/aromatic N) is 1. The summed E-state index contributed by atoms with van der Waals surface area (Å²) in [5.74, 6) is 0.106. The van der Waals surface area contributed by atoms with Crippen LogP contribution in [0.1, 0.15) is 13.8 Å². The molecule has 68 valence electrons. The van der Waals surface area contributed by atoms with Crippen LogP contribution in [0.2, 0.25) is 0 Å². The van der Waals surface area contributed by atoms with Crippen molar-refractivity contribution in [3.05, 3.63) is 0 Å². The van der Waals surface area contributed by atoms with Crippen LogP contribution in [0.3, 0.4) is 0 Å². The van der Waals surface area contributed by atoms with Crippen molar-refractivity contribution in [2.45, 2.75) is 26.0 Å². The van der Waals surface area contributed by atoms with Gasteiger partial charge in [-0.1, -0.05) is 6.92 Å². The maximum Gasteiger partial charge on any atom is 0.0590 e. The molecule has 0 bridgehead atoms. The highest BCUT2D eigenvalue weighted by atomic mass is 16.3. The van der Waals surface area contributed by atoms with E-state index in [-0.39, 0.29) is 24.7 Å². The number of hydrogen-bond acceptors (Lipinski definition) is 3. The van der Waals surface area contributed by atoms with E-state index in [1.54, 1.807) is 6.92 Å². The summed E-state index contributed by atoms with van der Waals surface area (Å²) in [5.41, 5.74) is 0. The molecule has 0 aliphatic heterocycles. The molecule has 11 heavy (non-hydrogen) atoms. The summed E-state index contributed by atoms with van der Waals surface area (Å²) in [5, 5.41) is 18.2. The topological polar surface area (TPSA) is 43.7 Å². The van der Waals surface area contributed by atoms with Crippen LogP contribution in [0.15, 0.2) is 0 Å². The maximum atomic E-state index is 9.23. The summed E-state index contributed by atoms with van der Waals surface area (Å²) in [7, 11) is 3.81. The third kappa shape index (κ3) is 3.18. The second-order valence-corrected chi connectivity index (χ2v) is 3.31. The Morgan fingerprint density at radius 1 is 1.27 bits per heavy atom. The molecule has 0 aromatic carbocycles. The molecule has 0 aromatic rings. The number of aliphatic hydroxyl groups is 2. The van der Waals surface area contributed by atoms with Crippen LogP contribution in [-0.2, 0) is 0 Å². The Morgan fingerprint density at radius 3 is 1.82 bits per heavy atom. The molecule has 0 saturated carbocycles. The van der Waals surface area contributed by atoms with E-state index < -0.39 is 0 Å². The van der Waals surface area contributed by atoms with Crippen molar-refractivity contribution in [2.75, 3.05) is 20.7 Å². The summed E-state index contributed by atoms with van der Waals surface area (Å²) >= 11 is 0. The molecule has 0 aromatic heterocycles. The van der Waals surface area contributed by atoms with Crippen LogP contribution in [-0.4, -0.2) is 48.0 Å². The van der Waals surface area contributed by atoms with Gasteiger partial charge in [0.15, 0.2) is 0 Å². The van der Waals surface area contributed by atoms with Gasteiger partial charge >= 0.3 is 0 Å². The standard InChI is InChI=1S/C8H19NO2/c1-6(7(2)11)8(5-10)9(3)4/h6-8,10-11H,5H2,1-4H3. The highest BCUT2D eigenvalue weighted by Crippen LogP contribution is 2.11. The molecule has 0 aliphatic carbocycles. The zero-order valence-corrected chi connectivity index (χ0v) is 7.78. The van der Waals surface area contributed by atoms with E-state index in [2.05, 4.69) is 0 Å². The molecule has 0 aliphatic rings. The van der Waals surface area contributed by atoms with Gasteiger partial charge in [0.1, 0.15) is 0 Å². The minimum Gasteiger partial charge on any atom is -0.395 e. The molecular weight excluding hydrogens is 142 g/mol. The smallest absolute Gasteiger partial charge is 0.0590 e. The highest BCUT2D eigenvalue weighted by molar-refractivity contribution is 4.75. The minimum atomic E-state index is -0.366. The lowest BCUT2D eigenvalue weighted by Gasteiger charge is -2.29. The second-order valence-electron chi connectivity index (χ2n) is 3.31. The van der Waals surface area contributed by atoms with Crippen molar-refractivity contribution in [1.29, 1.82) is 0 Å². The van der Waals surface area contributed by atoms with Gasteiger partial charge in [0.2, 0.25) is 0 Å². The Hall–Kier alpha value is -0.120. The van der Waals surface area contributed by atoms with Crippen LogP contribution < -0.4 is 0 Å². The largest absolute Gasteiger partial charge is 0.395 e. The van der Waals surface area contributed by atoms with Crippen molar-refractivity contribution in [1.82, 2.24) is 4.90 Å². The van der Waals surface area contributed by atoms with Crippen LogP contribution in [0.25, 0.3) is 0 Å². The van der Waals surface area contributed by atoms with E-state index >= 15 is 0 Å². The van der Waals surface area contributed by atoms with Crippen molar-refractivity contribution >= 4 is 0 Å². The SMILES string of the molecule is CC(O)C(C)C(CO)N(C)C. The van der Waals surface area contributed by atoms with E-state index in [0.29, 0.717) is 0 Å². The summed E-state index contributed by atoms with van der Waals surface area (Å²) in [6.07, 6.45) is -0.366. The van der Waals surface area contributed by atoms with Crippen LogP contribution in [0, 0.1) is 5.92 Å². The Balaban J connectivity index is 4.02. The van der Waals surface area contributed by atoms with Crippen molar-refractivity contribution in [3.63, 3.8) is 0 Å². The molecule has 0 radical (unpaired) electrons. The lowest BCUT2D eigenvalue weighted by Crippen LogP contribution is -2.41. The number of hydrogen-bond donors (Lipinski definition) is 2. The molecule has 0 spiro atoms. The maximum absolute atomic E-state index is 9.23. The molecule has 3 heteroatoms. The Morgan fingerprint density at radius 2 is 1.73 bits per heavy atom. The van der Waals surface area contributed by atoms with Crippen molar-refractivity contribution in [2.24, 2.45) is 5.92 Å². The molecule has 0 amide bonds. The lowest BCUT2D eigenvalue weighted by atomic mass is 9.97. The van der Waals surface area contributed by atoms with Gasteiger partial charge in [0.25, 0.3) is 0 Å². The molecule has 2 N–H and O–H groups in total. The monoisotopic (exact) mass is 161 g/mol. The molecule has 3 nitrogen and oxygen atoms in total. The third-order valence-corrected chi connectivity index (χ3v) is 2.22. The third-order valence-electron chi connectivity index (χ3n) is 2.22. The van der Waals surface area contributed by atoms with Crippen LogP contribution in [0.4, 0.5) is 0 Å². The zero-order chi connectivity index (χ0) is 9.02. The van der Waals surface area contributed by atoms with Gasteiger partial charge in [-0.05, 0) is 26.9 Å². The molecule has 0 rings (SSSR count). The van der Waals surface area contributed by atoms with E-state index in [1.807, 2.05) is 25.9 Å². The van der Waals surface area contributed by atoms with Crippen molar-refractivity contribution in [3.8, 4) is 0 Å². The molecule has 0 fully saturated rings. The first-order valence-electron chi connectivity index (χ1n) is 3.96. The fourth-order valence-corrected chi connectivity index (χ4v) is 1.12. The number of rotatable bonds is 4. The predicted molar refractivity (Wildman–Crippen MR) is 45.4 cm³/mol. The van der Waals surface area contributed by atoms with Gasteiger partial charge in [0.05, 0.1) is 12.7 Å². The molecule has 3 atom stereocenters.